The first-order valence-electron chi connectivity index (χ1n) is 7.21. The molecule has 3 aromatic rings. The maximum atomic E-state index is 5.97. The fourth-order valence-electron chi connectivity index (χ4n) is 1.98. The van der Waals surface area contributed by atoms with Crippen LogP contribution in [0.4, 0.5) is 0 Å². The van der Waals surface area contributed by atoms with Crippen molar-refractivity contribution in [2.45, 2.75) is 0 Å². The molecule has 0 heterocycles. The zero-order valence-corrected chi connectivity index (χ0v) is 13.4. The van der Waals surface area contributed by atoms with E-state index in [1.54, 1.807) is 0 Å². The zero-order chi connectivity index (χ0) is 16.0. The molecule has 0 aliphatic carbocycles. The molecule has 0 atom stereocenters. The summed E-state index contributed by atoms with van der Waals surface area (Å²) in [5.74, 6) is 1.97. The molecule has 0 amide bonds. The molecule has 0 aliphatic rings. The van der Waals surface area contributed by atoms with Crippen molar-refractivity contribution >= 4 is 13.9 Å². The van der Waals surface area contributed by atoms with Crippen molar-refractivity contribution < 1.29 is 13.6 Å². The van der Waals surface area contributed by atoms with Gasteiger partial charge in [0, 0.05) is 6.30 Å². The number of para-hydroxylation sites is 3. The standard InChI is InChI=1S/C19H17O3P/c1-23(20-17-11-5-2-6-12-17,21-18-13-7-3-8-14-18)22-19-15-9-4-10-16-19/h2-16H,1H2. The predicted octanol–water partition coefficient (Wildman–Crippen LogP) is 5.42. The molecule has 0 unspecified atom stereocenters. The van der Waals surface area contributed by atoms with Crippen molar-refractivity contribution in [1.29, 1.82) is 0 Å². The minimum absolute atomic E-state index is 0.655. The maximum absolute atomic E-state index is 5.97. The van der Waals surface area contributed by atoms with Crippen LogP contribution in [-0.4, -0.2) is 6.30 Å². The molecule has 0 bridgehead atoms. The summed E-state index contributed by atoms with van der Waals surface area (Å²) in [4.78, 5) is 0. The van der Waals surface area contributed by atoms with Crippen LogP contribution in [0.2, 0.25) is 0 Å². The van der Waals surface area contributed by atoms with Crippen molar-refractivity contribution in [2.75, 3.05) is 0 Å². The first-order chi connectivity index (χ1) is 11.2. The van der Waals surface area contributed by atoms with Crippen LogP contribution in [0.15, 0.2) is 91.0 Å². The Kier molecular flexibility index (Phi) is 4.70. The summed E-state index contributed by atoms with van der Waals surface area (Å²) >= 11 is 0. The van der Waals surface area contributed by atoms with E-state index in [9.17, 15) is 0 Å². The normalized spacial score (nSPS) is 10.8. The van der Waals surface area contributed by atoms with Crippen LogP contribution in [0.3, 0.4) is 0 Å². The number of hydrogen-bond donors (Lipinski definition) is 0. The molecule has 0 fully saturated rings. The summed E-state index contributed by atoms with van der Waals surface area (Å²) in [6.45, 7) is 0. The Balaban J connectivity index is 1.87. The molecular weight excluding hydrogens is 307 g/mol. The monoisotopic (exact) mass is 324 g/mol. The lowest BCUT2D eigenvalue weighted by molar-refractivity contribution is 0.382. The van der Waals surface area contributed by atoms with Crippen molar-refractivity contribution in [1.82, 2.24) is 0 Å². The van der Waals surface area contributed by atoms with Gasteiger partial charge in [0.2, 0.25) is 0 Å². The van der Waals surface area contributed by atoms with Gasteiger partial charge in [-0.15, -0.1) is 0 Å². The largest absolute Gasteiger partial charge is 0.415 e. The third-order valence-electron chi connectivity index (χ3n) is 2.96. The average Bonchev–Trinajstić information content (AvgIpc) is 2.57. The minimum Gasteiger partial charge on any atom is -0.415 e. The van der Waals surface area contributed by atoms with Crippen molar-refractivity contribution in [3.63, 3.8) is 0 Å². The molecule has 0 spiro atoms. The van der Waals surface area contributed by atoms with Crippen LogP contribution in [-0.2, 0) is 0 Å². The summed E-state index contributed by atoms with van der Waals surface area (Å²) in [5, 5.41) is 0. The van der Waals surface area contributed by atoms with Gasteiger partial charge in [0.1, 0.15) is 17.2 Å². The lowest BCUT2D eigenvalue weighted by atomic mass is 10.3. The molecule has 4 heteroatoms. The second kappa shape index (κ2) is 7.08. The van der Waals surface area contributed by atoms with Crippen molar-refractivity contribution in [3.05, 3.63) is 91.0 Å². The Bertz CT molecular complexity index is 665. The molecule has 0 radical (unpaired) electrons. The van der Waals surface area contributed by atoms with E-state index in [2.05, 4.69) is 6.30 Å². The third-order valence-corrected chi connectivity index (χ3v) is 4.43. The van der Waals surface area contributed by atoms with E-state index in [0.717, 1.165) is 0 Å². The SMILES string of the molecule is C=P(Oc1ccccc1)(Oc1ccccc1)Oc1ccccc1. The Morgan fingerprint density at radius 1 is 0.478 bits per heavy atom. The summed E-state index contributed by atoms with van der Waals surface area (Å²) in [5.41, 5.74) is 0. The summed E-state index contributed by atoms with van der Waals surface area (Å²) in [7, 11) is -2.89. The Labute approximate surface area is 136 Å². The minimum atomic E-state index is -2.89. The molecule has 0 aromatic heterocycles. The van der Waals surface area contributed by atoms with E-state index in [0.29, 0.717) is 17.2 Å². The fourth-order valence-corrected chi connectivity index (χ4v) is 3.42. The fraction of sp³-hybridized carbons (Fsp3) is 0. The molecular formula is C19H17O3P. The van der Waals surface area contributed by atoms with Crippen molar-refractivity contribution in [2.24, 2.45) is 0 Å². The summed E-state index contributed by atoms with van der Waals surface area (Å²) in [6.07, 6.45) is 4.10. The molecule has 3 aromatic carbocycles. The van der Waals surface area contributed by atoms with Crippen molar-refractivity contribution in [3.8, 4) is 17.2 Å². The van der Waals surface area contributed by atoms with E-state index in [1.165, 1.54) is 0 Å². The summed E-state index contributed by atoms with van der Waals surface area (Å²) < 4.78 is 17.9. The smallest absolute Gasteiger partial charge is 0.409 e. The maximum Gasteiger partial charge on any atom is 0.409 e. The highest BCUT2D eigenvalue weighted by Gasteiger charge is 2.23. The van der Waals surface area contributed by atoms with Crippen LogP contribution in [0.5, 0.6) is 17.2 Å². The Morgan fingerprint density at radius 2 is 0.739 bits per heavy atom. The van der Waals surface area contributed by atoms with E-state index < -0.39 is 7.57 Å². The van der Waals surface area contributed by atoms with Gasteiger partial charge in [-0.1, -0.05) is 54.6 Å². The second-order valence-electron chi connectivity index (χ2n) is 4.82. The first kappa shape index (κ1) is 15.3. The van der Waals surface area contributed by atoms with Gasteiger partial charge < -0.3 is 13.6 Å². The van der Waals surface area contributed by atoms with E-state index in [-0.39, 0.29) is 0 Å². The van der Waals surface area contributed by atoms with Crippen LogP contribution >= 0.6 is 7.57 Å². The van der Waals surface area contributed by atoms with E-state index in [4.69, 9.17) is 13.6 Å². The van der Waals surface area contributed by atoms with E-state index >= 15 is 0 Å². The van der Waals surface area contributed by atoms with Gasteiger partial charge >= 0.3 is 7.57 Å². The predicted molar refractivity (Wildman–Crippen MR) is 95.3 cm³/mol. The lowest BCUT2D eigenvalue weighted by Crippen LogP contribution is -2.07. The van der Waals surface area contributed by atoms with Gasteiger partial charge in [0.15, 0.2) is 0 Å². The molecule has 0 aliphatic heterocycles. The number of hydrogen-bond acceptors (Lipinski definition) is 3. The Hall–Kier alpha value is -2.64. The molecule has 0 N–H and O–H groups in total. The van der Waals surface area contributed by atoms with Crippen LogP contribution < -0.4 is 13.6 Å². The van der Waals surface area contributed by atoms with Gasteiger partial charge in [-0.3, -0.25) is 0 Å². The van der Waals surface area contributed by atoms with Gasteiger partial charge in [-0.2, -0.15) is 0 Å². The Morgan fingerprint density at radius 3 is 1.00 bits per heavy atom. The molecule has 116 valence electrons. The second-order valence-corrected chi connectivity index (χ2v) is 6.59. The molecule has 3 rings (SSSR count). The first-order valence-corrected chi connectivity index (χ1v) is 8.94. The quantitative estimate of drug-likeness (QED) is 0.567. The van der Waals surface area contributed by atoms with Crippen LogP contribution in [0.1, 0.15) is 0 Å². The van der Waals surface area contributed by atoms with E-state index in [1.807, 2.05) is 91.0 Å². The average molecular weight is 324 g/mol. The zero-order valence-electron chi connectivity index (χ0n) is 12.5. The number of benzene rings is 3. The van der Waals surface area contributed by atoms with Crippen LogP contribution in [0, 0.1) is 0 Å². The van der Waals surface area contributed by atoms with Gasteiger partial charge in [-0.05, 0) is 36.4 Å². The van der Waals surface area contributed by atoms with Gasteiger partial charge in [-0.25, -0.2) is 0 Å². The molecule has 0 saturated heterocycles. The topological polar surface area (TPSA) is 27.7 Å². The highest BCUT2D eigenvalue weighted by Crippen LogP contribution is 2.49. The third kappa shape index (κ3) is 4.41. The molecule has 23 heavy (non-hydrogen) atoms. The van der Waals surface area contributed by atoms with Gasteiger partial charge in [0.25, 0.3) is 0 Å². The summed E-state index contributed by atoms with van der Waals surface area (Å²) in [6, 6.07) is 28.2. The highest BCUT2D eigenvalue weighted by molar-refractivity contribution is 7.60. The van der Waals surface area contributed by atoms with Crippen LogP contribution in [0.25, 0.3) is 0 Å². The molecule has 0 saturated carbocycles. The number of rotatable bonds is 6. The molecule has 3 nitrogen and oxygen atoms in total. The van der Waals surface area contributed by atoms with Gasteiger partial charge in [0.05, 0.1) is 0 Å². The highest BCUT2D eigenvalue weighted by atomic mass is 31.2. The lowest BCUT2D eigenvalue weighted by Gasteiger charge is -2.25.